The van der Waals surface area contributed by atoms with Gasteiger partial charge in [-0.05, 0) is 40.1 Å². The molecule has 4 rings (SSSR count). The summed E-state index contributed by atoms with van der Waals surface area (Å²) >= 11 is 2.19. The Morgan fingerprint density at radius 3 is 2.69 bits per heavy atom. The Morgan fingerprint density at radius 2 is 1.92 bits per heavy atom. The molecule has 2 N–H and O–H groups in total. The van der Waals surface area contributed by atoms with E-state index in [1.165, 1.54) is 6.92 Å². The Hall–Kier alpha value is -2.14. The zero-order valence-corrected chi connectivity index (χ0v) is 16.8. The number of H-pyrrole nitrogens is 1. The molecule has 0 unspecified atom stereocenters. The number of aromatic amines is 1. The number of amides is 1. The summed E-state index contributed by atoms with van der Waals surface area (Å²) in [4.78, 5) is 13.4. The zero-order valence-electron chi connectivity index (χ0n) is 13.8. The summed E-state index contributed by atoms with van der Waals surface area (Å²) in [6, 6.07) is 10.8. The minimum atomic E-state index is -3.83. The van der Waals surface area contributed by atoms with Crippen molar-refractivity contribution in [3.8, 4) is 0 Å². The van der Waals surface area contributed by atoms with Crippen LogP contribution in [0.3, 0.4) is 0 Å². The van der Waals surface area contributed by atoms with Crippen molar-refractivity contribution < 1.29 is 13.2 Å². The molecule has 2 aromatic carbocycles. The molecule has 0 aliphatic carbocycles. The second-order valence-corrected chi connectivity index (χ2v) is 8.91. The molecule has 1 aliphatic heterocycles. The summed E-state index contributed by atoms with van der Waals surface area (Å²) in [5.41, 5.74) is 1.46. The molecule has 134 valence electrons. The van der Waals surface area contributed by atoms with E-state index in [2.05, 4.69) is 37.5 Å². The van der Waals surface area contributed by atoms with Crippen LogP contribution in [0.25, 0.3) is 10.8 Å². The van der Waals surface area contributed by atoms with Crippen molar-refractivity contribution in [2.24, 2.45) is 0 Å². The summed E-state index contributed by atoms with van der Waals surface area (Å²) in [6.45, 7) is 2.24. The quantitative estimate of drug-likeness (QED) is 0.562. The molecule has 0 fully saturated rings. The molecule has 0 saturated heterocycles. The third kappa shape index (κ3) is 2.84. The number of aromatic nitrogens is 2. The number of sulfonamides is 1. The number of anilines is 1. The van der Waals surface area contributed by atoms with Gasteiger partial charge in [-0.3, -0.25) is 14.6 Å². The predicted octanol–water partition coefficient (Wildman–Crippen LogP) is 2.83. The van der Waals surface area contributed by atoms with E-state index in [9.17, 15) is 13.2 Å². The minimum Gasteiger partial charge on any atom is -0.333 e. The van der Waals surface area contributed by atoms with Crippen LogP contribution in [0.1, 0.15) is 18.2 Å². The molecule has 0 spiro atoms. The third-order valence-electron chi connectivity index (χ3n) is 4.45. The van der Waals surface area contributed by atoms with E-state index in [1.54, 1.807) is 23.1 Å². The lowest BCUT2D eigenvalue weighted by molar-refractivity contribution is -0.129. The molecular formula is C17H15IN4O3S. The van der Waals surface area contributed by atoms with Crippen LogP contribution in [-0.4, -0.2) is 29.4 Å². The standard InChI is InChI=1S/C17H15IN4O3S/c1-10(23)22-8-13-15(9-22)19-20-17(13)21-26(24,25)16-7-3-4-11-12(16)5-2-6-14(11)18/h2-7H,8-9H2,1H3,(H2,19,20,21). The molecule has 1 aliphatic rings. The number of nitrogens with zero attached hydrogens (tertiary/aromatic N) is 2. The molecule has 0 saturated carbocycles. The first-order chi connectivity index (χ1) is 12.4. The number of carbonyl (C=O) groups excluding carboxylic acids is 1. The number of fused-ring (bicyclic) bond motifs is 2. The number of benzene rings is 2. The average Bonchev–Trinajstić information content (AvgIpc) is 3.17. The molecule has 26 heavy (non-hydrogen) atoms. The molecule has 0 bridgehead atoms. The van der Waals surface area contributed by atoms with Gasteiger partial charge in [0.25, 0.3) is 10.0 Å². The van der Waals surface area contributed by atoms with Crippen LogP contribution in [-0.2, 0) is 27.9 Å². The smallest absolute Gasteiger partial charge is 0.263 e. The average molecular weight is 482 g/mol. The topological polar surface area (TPSA) is 95.2 Å². The highest BCUT2D eigenvalue weighted by atomic mass is 127. The molecule has 2 heterocycles. The number of nitrogens with one attached hydrogen (secondary N) is 2. The van der Waals surface area contributed by atoms with Crippen molar-refractivity contribution in [2.75, 3.05) is 4.72 Å². The Balaban J connectivity index is 1.73. The summed E-state index contributed by atoms with van der Waals surface area (Å²) in [7, 11) is -3.83. The van der Waals surface area contributed by atoms with Gasteiger partial charge in [-0.1, -0.05) is 24.3 Å². The fourth-order valence-corrected chi connectivity index (χ4v) is 5.04. The van der Waals surface area contributed by atoms with Gasteiger partial charge in [-0.15, -0.1) is 0 Å². The Kier molecular flexibility index (Phi) is 4.14. The van der Waals surface area contributed by atoms with Crippen molar-refractivity contribution >= 4 is 55.1 Å². The maximum absolute atomic E-state index is 13.0. The zero-order chi connectivity index (χ0) is 18.5. The first kappa shape index (κ1) is 17.3. The predicted molar refractivity (Wildman–Crippen MR) is 106 cm³/mol. The third-order valence-corrected chi connectivity index (χ3v) is 6.78. The number of carbonyl (C=O) groups is 1. The van der Waals surface area contributed by atoms with E-state index in [-0.39, 0.29) is 16.6 Å². The molecule has 1 aromatic heterocycles. The first-order valence-electron chi connectivity index (χ1n) is 7.88. The maximum Gasteiger partial charge on any atom is 0.263 e. The SMILES string of the molecule is CC(=O)N1Cc2[nH]nc(NS(=O)(=O)c3cccc4c(I)cccc34)c2C1. The van der Waals surface area contributed by atoms with Crippen LogP contribution >= 0.6 is 22.6 Å². The first-order valence-corrected chi connectivity index (χ1v) is 10.4. The van der Waals surface area contributed by atoms with Gasteiger partial charge in [-0.2, -0.15) is 5.10 Å². The molecule has 0 radical (unpaired) electrons. The van der Waals surface area contributed by atoms with Crippen molar-refractivity contribution in [1.82, 2.24) is 15.1 Å². The molecule has 7 nitrogen and oxygen atoms in total. The summed E-state index contributed by atoms with van der Waals surface area (Å²) in [5, 5.41) is 8.44. The van der Waals surface area contributed by atoms with Gasteiger partial charge in [0.1, 0.15) is 0 Å². The normalized spacial score (nSPS) is 13.8. The van der Waals surface area contributed by atoms with E-state index in [0.717, 1.165) is 14.7 Å². The molecule has 9 heteroatoms. The van der Waals surface area contributed by atoms with Gasteiger partial charge in [0.2, 0.25) is 5.91 Å². The van der Waals surface area contributed by atoms with Gasteiger partial charge in [0, 0.05) is 21.4 Å². The summed E-state index contributed by atoms with van der Waals surface area (Å²) in [6.07, 6.45) is 0. The van der Waals surface area contributed by atoms with Crippen molar-refractivity contribution in [3.05, 3.63) is 51.2 Å². The van der Waals surface area contributed by atoms with Crippen LogP contribution in [0.15, 0.2) is 41.3 Å². The number of hydrogen-bond donors (Lipinski definition) is 2. The fraction of sp³-hybridized carbons (Fsp3) is 0.176. The van der Waals surface area contributed by atoms with E-state index < -0.39 is 10.0 Å². The molecule has 0 atom stereocenters. The van der Waals surface area contributed by atoms with Gasteiger partial charge in [0.05, 0.1) is 23.7 Å². The van der Waals surface area contributed by atoms with Gasteiger partial charge < -0.3 is 4.90 Å². The number of rotatable bonds is 3. The van der Waals surface area contributed by atoms with Crippen LogP contribution in [0.2, 0.25) is 0 Å². The van der Waals surface area contributed by atoms with Crippen molar-refractivity contribution in [3.63, 3.8) is 0 Å². The highest BCUT2D eigenvalue weighted by molar-refractivity contribution is 14.1. The highest BCUT2D eigenvalue weighted by Crippen LogP contribution is 2.31. The van der Waals surface area contributed by atoms with Crippen LogP contribution < -0.4 is 4.72 Å². The van der Waals surface area contributed by atoms with Crippen LogP contribution in [0.5, 0.6) is 0 Å². The van der Waals surface area contributed by atoms with Gasteiger partial charge in [-0.25, -0.2) is 8.42 Å². The second kappa shape index (κ2) is 6.23. The van der Waals surface area contributed by atoms with E-state index in [0.29, 0.717) is 24.0 Å². The van der Waals surface area contributed by atoms with Crippen LogP contribution in [0.4, 0.5) is 5.82 Å². The Morgan fingerprint density at radius 1 is 1.19 bits per heavy atom. The van der Waals surface area contributed by atoms with E-state index >= 15 is 0 Å². The van der Waals surface area contributed by atoms with Gasteiger partial charge >= 0.3 is 0 Å². The monoisotopic (exact) mass is 482 g/mol. The number of halogens is 1. The van der Waals surface area contributed by atoms with E-state index in [1.807, 2.05) is 18.2 Å². The fourth-order valence-electron chi connectivity index (χ4n) is 3.11. The largest absolute Gasteiger partial charge is 0.333 e. The second-order valence-electron chi connectivity index (χ2n) is 6.10. The van der Waals surface area contributed by atoms with Crippen LogP contribution in [0, 0.1) is 3.57 Å². The summed E-state index contributed by atoms with van der Waals surface area (Å²) in [5.74, 6) is 0.179. The number of hydrogen-bond acceptors (Lipinski definition) is 4. The lowest BCUT2D eigenvalue weighted by atomic mass is 10.1. The Bertz CT molecular complexity index is 1140. The van der Waals surface area contributed by atoms with Crippen molar-refractivity contribution in [1.29, 1.82) is 0 Å². The minimum absolute atomic E-state index is 0.0629. The lowest BCUT2D eigenvalue weighted by Gasteiger charge is -2.13. The highest BCUT2D eigenvalue weighted by Gasteiger charge is 2.29. The molecular weight excluding hydrogens is 467 g/mol. The van der Waals surface area contributed by atoms with Crippen molar-refractivity contribution in [2.45, 2.75) is 24.9 Å². The molecule has 1 amide bonds. The van der Waals surface area contributed by atoms with Gasteiger partial charge in [0.15, 0.2) is 5.82 Å². The lowest BCUT2D eigenvalue weighted by Crippen LogP contribution is -2.23. The van der Waals surface area contributed by atoms with E-state index in [4.69, 9.17) is 0 Å². The molecule has 3 aromatic rings. The summed E-state index contributed by atoms with van der Waals surface area (Å²) < 4.78 is 29.5. The maximum atomic E-state index is 13.0. The Labute approximate surface area is 164 Å².